The van der Waals surface area contributed by atoms with Crippen LogP contribution in [-0.2, 0) is 13.0 Å². The number of rotatable bonds is 7. The van der Waals surface area contributed by atoms with E-state index in [1.807, 2.05) is 18.5 Å². The van der Waals surface area contributed by atoms with Crippen LogP contribution in [0.3, 0.4) is 0 Å². The lowest BCUT2D eigenvalue weighted by atomic mass is 10.1. The number of hydrogen-bond donors (Lipinski definition) is 1. The van der Waals surface area contributed by atoms with Crippen molar-refractivity contribution in [3.63, 3.8) is 0 Å². The minimum Gasteiger partial charge on any atom is -0.395 e. The fraction of sp³-hybridized carbons (Fsp3) is 0.714. The maximum atomic E-state index is 12.4. The number of carbonyl (C=O) groups is 1. The first-order chi connectivity index (χ1) is 9.04. The zero-order valence-corrected chi connectivity index (χ0v) is 12.4. The van der Waals surface area contributed by atoms with Gasteiger partial charge in [-0.15, -0.1) is 0 Å². The number of nitrogens with zero attached hydrogens (tertiary/aromatic N) is 3. The monoisotopic (exact) mass is 267 g/mol. The van der Waals surface area contributed by atoms with Crippen molar-refractivity contribution in [1.82, 2.24) is 14.7 Å². The van der Waals surface area contributed by atoms with Crippen molar-refractivity contribution in [3.8, 4) is 0 Å². The Kier molecular flexibility index (Phi) is 6.02. The van der Waals surface area contributed by atoms with E-state index in [9.17, 15) is 4.79 Å². The van der Waals surface area contributed by atoms with Crippen molar-refractivity contribution in [1.29, 1.82) is 0 Å². The Morgan fingerprint density at radius 2 is 2.16 bits per heavy atom. The highest BCUT2D eigenvalue weighted by Gasteiger charge is 2.20. The van der Waals surface area contributed by atoms with Gasteiger partial charge in [0.2, 0.25) is 0 Å². The molecule has 0 radical (unpaired) electrons. The highest BCUT2D eigenvalue weighted by atomic mass is 16.3. The number of amides is 1. The van der Waals surface area contributed by atoms with E-state index in [1.54, 1.807) is 11.1 Å². The first-order valence-corrected chi connectivity index (χ1v) is 6.99. The molecule has 0 spiro atoms. The maximum absolute atomic E-state index is 12.4. The molecule has 1 rings (SSSR count). The molecule has 0 fully saturated rings. The molecule has 0 atom stereocenters. The summed E-state index contributed by atoms with van der Waals surface area (Å²) < 4.78 is 1.92. The van der Waals surface area contributed by atoms with Crippen molar-refractivity contribution in [3.05, 3.63) is 17.5 Å². The molecule has 19 heavy (non-hydrogen) atoms. The predicted molar refractivity (Wildman–Crippen MR) is 75.1 cm³/mol. The second kappa shape index (κ2) is 7.28. The number of carbonyl (C=O) groups excluding carboxylic acids is 1. The van der Waals surface area contributed by atoms with Gasteiger partial charge in [-0.1, -0.05) is 20.8 Å². The van der Waals surface area contributed by atoms with Crippen LogP contribution in [0.2, 0.25) is 0 Å². The molecule has 0 aliphatic heterocycles. The fourth-order valence-corrected chi connectivity index (χ4v) is 2.16. The minimum atomic E-state index is -0.0385. The molecular formula is C14H25N3O2. The van der Waals surface area contributed by atoms with Crippen LogP contribution < -0.4 is 0 Å². The third-order valence-electron chi connectivity index (χ3n) is 3.09. The van der Waals surface area contributed by atoms with E-state index in [0.717, 1.165) is 18.7 Å². The molecule has 1 N–H and O–H groups in total. The Morgan fingerprint density at radius 3 is 2.63 bits per heavy atom. The average Bonchev–Trinajstić information content (AvgIpc) is 2.76. The highest BCUT2D eigenvalue weighted by Crippen LogP contribution is 2.14. The molecule has 1 aromatic heterocycles. The van der Waals surface area contributed by atoms with Gasteiger partial charge < -0.3 is 10.0 Å². The van der Waals surface area contributed by atoms with Crippen LogP contribution in [0, 0.1) is 5.92 Å². The van der Waals surface area contributed by atoms with Crippen molar-refractivity contribution in [2.45, 2.75) is 40.7 Å². The van der Waals surface area contributed by atoms with Crippen molar-refractivity contribution < 1.29 is 9.90 Å². The Balaban J connectivity index is 2.99. The number of aromatic nitrogens is 2. The van der Waals surface area contributed by atoms with Crippen molar-refractivity contribution in [2.24, 2.45) is 5.92 Å². The zero-order chi connectivity index (χ0) is 14.4. The molecule has 0 bridgehead atoms. The summed E-state index contributed by atoms with van der Waals surface area (Å²) in [5.41, 5.74) is 1.65. The second-order valence-electron chi connectivity index (χ2n) is 5.04. The van der Waals surface area contributed by atoms with Gasteiger partial charge in [0, 0.05) is 19.6 Å². The molecule has 0 unspecified atom stereocenters. The molecular weight excluding hydrogens is 242 g/mol. The standard InChI is InChI=1S/C14H25N3O2/c1-5-13-12(9-15-17(13)10-11(3)4)14(19)16(6-2)7-8-18/h9,11,18H,5-8,10H2,1-4H3. The van der Waals surface area contributed by atoms with Crippen LogP contribution in [-0.4, -0.2) is 45.4 Å². The van der Waals surface area contributed by atoms with Gasteiger partial charge in [0.05, 0.1) is 24.1 Å². The number of aliphatic hydroxyl groups excluding tert-OH is 1. The summed E-state index contributed by atoms with van der Waals surface area (Å²) in [5, 5.41) is 13.3. The fourth-order valence-electron chi connectivity index (χ4n) is 2.16. The van der Waals surface area contributed by atoms with Crippen LogP contribution in [0.5, 0.6) is 0 Å². The summed E-state index contributed by atoms with van der Waals surface area (Å²) in [6.07, 6.45) is 2.44. The van der Waals surface area contributed by atoms with Crippen LogP contribution >= 0.6 is 0 Å². The van der Waals surface area contributed by atoms with Gasteiger partial charge in [-0.3, -0.25) is 9.48 Å². The summed E-state index contributed by atoms with van der Waals surface area (Å²) in [6.45, 7) is 9.99. The Labute approximate surface area is 115 Å². The third kappa shape index (κ3) is 3.80. The van der Waals surface area contributed by atoms with Gasteiger partial charge in [0.25, 0.3) is 5.91 Å². The largest absolute Gasteiger partial charge is 0.395 e. The lowest BCUT2D eigenvalue weighted by Crippen LogP contribution is -2.33. The SMILES string of the molecule is CCc1c(C(=O)N(CC)CCO)cnn1CC(C)C. The Hall–Kier alpha value is -1.36. The number of aliphatic hydroxyl groups is 1. The molecule has 1 heterocycles. The second-order valence-corrected chi connectivity index (χ2v) is 5.04. The predicted octanol–water partition coefficient (Wildman–Crippen LogP) is 1.56. The van der Waals surface area contributed by atoms with E-state index in [0.29, 0.717) is 24.6 Å². The van der Waals surface area contributed by atoms with Crippen molar-refractivity contribution in [2.75, 3.05) is 19.7 Å². The van der Waals surface area contributed by atoms with Gasteiger partial charge in [-0.05, 0) is 19.3 Å². The lowest BCUT2D eigenvalue weighted by Gasteiger charge is -2.19. The summed E-state index contributed by atoms with van der Waals surface area (Å²) in [6, 6.07) is 0. The maximum Gasteiger partial charge on any atom is 0.257 e. The molecule has 5 nitrogen and oxygen atoms in total. The first-order valence-electron chi connectivity index (χ1n) is 6.99. The van der Waals surface area contributed by atoms with E-state index >= 15 is 0 Å². The first kappa shape index (κ1) is 15.7. The average molecular weight is 267 g/mol. The molecule has 1 amide bonds. The van der Waals surface area contributed by atoms with Gasteiger partial charge in [-0.25, -0.2) is 0 Å². The lowest BCUT2D eigenvalue weighted by molar-refractivity contribution is 0.0730. The van der Waals surface area contributed by atoms with Gasteiger partial charge in [0.15, 0.2) is 0 Å². The topological polar surface area (TPSA) is 58.4 Å². The smallest absolute Gasteiger partial charge is 0.257 e. The van der Waals surface area contributed by atoms with E-state index < -0.39 is 0 Å². The summed E-state index contributed by atoms with van der Waals surface area (Å²) in [7, 11) is 0. The molecule has 0 aliphatic carbocycles. The summed E-state index contributed by atoms with van der Waals surface area (Å²) in [4.78, 5) is 14.1. The summed E-state index contributed by atoms with van der Waals surface area (Å²) in [5.74, 6) is 0.455. The van der Waals surface area contributed by atoms with E-state index in [-0.39, 0.29) is 12.5 Å². The van der Waals surface area contributed by atoms with E-state index in [1.165, 1.54) is 0 Å². The van der Waals surface area contributed by atoms with Gasteiger partial charge >= 0.3 is 0 Å². The molecule has 0 saturated heterocycles. The van der Waals surface area contributed by atoms with Crippen LogP contribution in [0.4, 0.5) is 0 Å². The van der Waals surface area contributed by atoms with Gasteiger partial charge in [0.1, 0.15) is 0 Å². The van der Waals surface area contributed by atoms with E-state index in [2.05, 4.69) is 18.9 Å². The van der Waals surface area contributed by atoms with Crippen LogP contribution in [0.15, 0.2) is 6.20 Å². The number of hydrogen-bond acceptors (Lipinski definition) is 3. The molecule has 0 saturated carbocycles. The Bertz CT molecular complexity index is 413. The molecule has 0 aliphatic rings. The normalized spacial score (nSPS) is 11.1. The summed E-state index contributed by atoms with van der Waals surface area (Å²) >= 11 is 0. The molecule has 1 aromatic rings. The molecule has 108 valence electrons. The van der Waals surface area contributed by atoms with Crippen LogP contribution in [0.1, 0.15) is 43.7 Å². The van der Waals surface area contributed by atoms with Gasteiger partial charge in [-0.2, -0.15) is 5.10 Å². The molecule has 5 heteroatoms. The molecule has 0 aromatic carbocycles. The third-order valence-corrected chi connectivity index (χ3v) is 3.09. The van der Waals surface area contributed by atoms with Crippen molar-refractivity contribution >= 4 is 5.91 Å². The Morgan fingerprint density at radius 1 is 1.47 bits per heavy atom. The minimum absolute atomic E-state index is 0.0127. The zero-order valence-electron chi connectivity index (χ0n) is 12.4. The number of likely N-dealkylation sites (N-methyl/N-ethyl adjacent to an activating group) is 1. The van der Waals surface area contributed by atoms with Crippen LogP contribution in [0.25, 0.3) is 0 Å². The van der Waals surface area contributed by atoms with E-state index in [4.69, 9.17) is 5.11 Å². The highest BCUT2D eigenvalue weighted by molar-refractivity contribution is 5.95. The quantitative estimate of drug-likeness (QED) is 0.815.